The smallest absolute Gasteiger partial charge is 0.306 e. The quantitative estimate of drug-likeness (QED) is 0.469. The summed E-state index contributed by atoms with van der Waals surface area (Å²) in [5, 5.41) is 0. The number of methoxy groups -OCH3 is 1. The molecule has 0 aliphatic heterocycles. The van der Waals surface area contributed by atoms with Crippen molar-refractivity contribution >= 4 is 11.9 Å². The Balaban J connectivity index is 3.46. The molecule has 76 valence electrons. The van der Waals surface area contributed by atoms with E-state index in [-0.39, 0.29) is 30.8 Å². The van der Waals surface area contributed by atoms with Crippen LogP contribution in [0.15, 0.2) is 0 Å². The lowest BCUT2D eigenvalue weighted by molar-refractivity contribution is -0.142. The molecule has 0 unspecified atom stereocenters. The molecule has 0 fully saturated rings. The minimum absolute atomic E-state index is 0.113. The zero-order valence-electron chi connectivity index (χ0n) is 8.22. The fraction of sp³-hybridized carbons (Fsp3) is 0.750. The lowest BCUT2D eigenvalue weighted by Gasteiger charge is -2.08. The second kappa shape index (κ2) is 6.42. The molecule has 0 radical (unpaired) electrons. The second-order valence-electron chi connectivity index (χ2n) is 2.92. The van der Waals surface area contributed by atoms with E-state index in [1.165, 1.54) is 7.11 Å². The predicted octanol–water partition coefficient (Wildman–Crippen LogP) is -0.0312. The Bertz CT molecular complexity index is 180. The number of carbonyl (C=O) groups excluding carboxylic acids is 2. The van der Waals surface area contributed by atoms with Crippen molar-refractivity contribution in [2.24, 2.45) is 0 Å². The molecule has 0 bridgehead atoms. The van der Waals surface area contributed by atoms with Crippen molar-refractivity contribution in [2.45, 2.75) is 32.7 Å². The molecule has 2 N–H and O–H groups in total. The minimum atomic E-state index is -0.375. The summed E-state index contributed by atoms with van der Waals surface area (Å²) < 4.78 is 4.39. The minimum Gasteiger partial charge on any atom is -0.469 e. The number of hydrogen-bond donors (Lipinski definition) is 2. The highest BCUT2D eigenvalue weighted by Crippen LogP contribution is 1.90. The molecule has 13 heavy (non-hydrogen) atoms. The first-order valence-electron chi connectivity index (χ1n) is 4.17. The number of esters is 1. The Kier molecular flexibility index (Phi) is 5.88. The normalized spacial score (nSPS) is 9.85. The first kappa shape index (κ1) is 11.9. The van der Waals surface area contributed by atoms with E-state index >= 15 is 0 Å². The maximum Gasteiger partial charge on any atom is 0.306 e. The third-order valence-corrected chi connectivity index (χ3v) is 1.28. The van der Waals surface area contributed by atoms with Crippen LogP contribution in [0, 0.1) is 0 Å². The van der Waals surface area contributed by atoms with E-state index in [1.807, 2.05) is 13.8 Å². The van der Waals surface area contributed by atoms with E-state index in [4.69, 9.17) is 0 Å². The zero-order chi connectivity index (χ0) is 10.3. The first-order chi connectivity index (χ1) is 6.06. The Hall–Kier alpha value is -1.10. The molecule has 0 aromatic heterocycles. The van der Waals surface area contributed by atoms with Crippen molar-refractivity contribution < 1.29 is 14.3 Å². The summed E-state index contributed by atoms with van der Waals surface area (Å²) in [5.74, 6) is -0.584. The molecule has 0 spiro atoms. The highest BCUT2D eigenvalue weighted by atomic mass is 16.5. The molecular weight excluding hydrogens is 172 g/mol. The largest absolute Gasteiger partial charge is 0.469 e. The van der Waals surface area contributed by atoms with Gasteiger partial charge in [-0.3, -0.25) is 15.0 Å². The summed E-state index contributed by atoms with van der Waals surface area (Å²) in [6, 6.07) is 0.182. The third kappa shape index (κ3) is 7.27. The van der Waals surface area contributed by atoms with Crippen LogP contribution in [0.5, 0.6) is 0 Å². The third-order valence-electron chi connectivity index (χ3n) is 1.28. The van der Waals surface area contributed by atoms with Crippen LogP contribution in [-0.2, 0) is 14.3 Å². The number of hydrazine groups is 1. The highest BCUT2D eigenvalue weighted by molar-refractivity contribution is 5.80. The number of rotatable bonds is 5. The van der Waals surface area contributed by atoms with E-state index in [2.05, 4.69) is 15.6 Å². The van der Waals surface area contributed by atoms with E-state index in [0.29, 0.717) is 0 Å². The van der Waals surface area contributed by atoms with Crippen molar-refractivity contribution in [3.05, 3.63) is 0 Å². The van der Waals surface area contributed by atoms with Gasteiger partial charge in [-0.05, 0) is 13.8 Å². The van der Waals surface area contributed by atoms with Crippen molar-refractivity contribution in [1.29, 1.82) is 0 Å². The summed E-state index contributed by atoms with van der Waals surface area (Å²) in [6.45, 7) is 3.81. The number of carbonyl (C=O) groups is 2. The van der Waals surface area contributed by atoms with Crippen LogP contribution in [0.4, 0.5) is 0 Å². The van der Waals surface area contributed by atoms with Gasteiger partial charge in [0.25, 0.3) is 0 Å². The molecule has 0 aliphatic carbocycles. The Morgan fingerprint density at radius 1 is 1.31 bits per heavy atom. The zero-order valence-corrected chi connectivity index (χ0v) is 8.22. The molecule has 0 aromatic rings. The van der Waals surface area contributed by atoms with Gasteiger partial charge in [0.1, 0.15) is 0 Å². The molecule has 5 nitrogen and oxygen atoms in total. The van der Waals surface area contributed by atoms with Gasteiger partial charge < -0.3 is 4.74 Å². The van der Waals surface area contributed by atoms with Crippen LogP contribution in [0.2, 0.25) is 0 Å². The topological polar surface area (TPSA) is 67.4 Å². The lowest BCUT2D eigenvalue weighted by Crippen LogP contribution is -2.41. The number of nitrogens with one attached hydrogen (secondary N) is 2. The number of amides is 1. The lowest BCUT2D eigenvalue weighted by atomic mass is 10.3. The molecule has 5 heteroatoms. The second-order valence-corrected chi connectivity index (χ2v) is 2.92. The van der Waals surface area contributed by atoms with Gasteiger partial charge in [-0.2, -0.15) is 0 Å². The van der Waals surface area contributed by atoms with Gasteiger partial charge >= 0.3 is 5.97 Å². The van der Waals surface area contributed by atoms with Crippen LogP contribution in [0.3, 0.4) is 0 Å². The van der Waals surface area contributed by atoms with Crippen LogP contribution >= 0.6 is 0 Å². The highest BCUT2D eigenvalue weighted by Gasteiger charge is 2.05. The van der Waals surface area contributed by atoms with Crippen molar-refractivity contribution in [1.82, 2.24) is 10.9 Å². The molecule has 0 saturated heterocycles. The van der Waals surface area contributed by atoms with Gasteiger partial charge in [-0.1, -0.05) is 0 Å². The van der Waals surface area contributed by atoms with E-state index in [1.54, 1.807) is 0 Å². The Morgan fingerprint density at radius 3 is 2.38 bits per heavy atom. The van der Waals surface area contributed by atoms with E-state index < -0.39 is 0 Å². The fourth-order valence-electron chi connectivity index (χ4n) is 0.605. The summed E-state index contributed by atoms with van der Waals surface area (Å²) in [7, 11) is 1.30. The van der Waals surface area contributed by atoms with Crippen LogP contribution in [0.25, 0.3) is 0 Å². The summed E-state index contributed by atoms with van der Waals surface area (Å²) >= 11 is 0. The van der Waals surface area contributed by atoms with Gasteiger partial charge in [0.05, 0.1) is 13.5 Å². The Labute approximate surface area is 77.8 Å². The number of ether oxygens (including phenoxy) is 1. The molecule has 0 aliphatic rings. The van der Waals surface area contributed by atoms with Gasteiger partial charge in [-0.25, -0.2) is 5.43 Å². The SMILES string of the molecule is COC(=O)CCC(=O)NNC(C)C. The average Bonchev–Trinajstić information content (AvgIpc) is 2.10. The molecule has 0 heterocycles. The number of hydrogen-bond acceptors (Lipinski definition) is 4. The predicted molar refractivity (Wildman–Crippen MR) is 47.7 cm³/mol. The Morgan fingerprint density at radius 2 is 1.92 bits per heavy atom. The maximum atomic E-state index is 11.0. The standard InChI is InChI=1S/C8H16N2O3/c1-6(2)9-10-7(11)4-5-8(12)13-3/h6,9H,4-5H2,1-3H3,(H,10,11). The fourth-order valence-corrected chi connectivity index (χ4v) is 0.605. The molecule has 0 rings (SSSR count). The maximum absolute atomic E-state index is 11.0. The molecule has 0 saturated carbocycles. The summed E-state index contributed by atoms with van der Waals surface area (Å²) in [5.41, 5.74) is 5.20. The molecule has 0 aromatic carbocycles. The van der Waals surface area contributed by atoms with Crippen molar-refractivity contribution in [3.63, 3.8) is 0 Å². The van der Waals surface area contributed by atoms with Gasteiger partial charge in [0.2, 0.25) is 5.91 Å². The van der Waals surface area contributed by atoms with Gasteiger partial charge in [0, 0.05) is 12.5 Å². The van der Waals surface area contributed by atoms with Gasteiger partial charge in [-0.15, -0.1) is 0 Å². The average molecular weight is 188 g/mol. The first-order valence-corrected chi connectivity index (χ1v) is 4.17. The van der Waals surface area contributed by atoms with Crippen molar-refractivity contribution in [3.8, 4) is 0 Å². The summed E-state index contributed by atoms with van der Waals surface area (Å²) in [4.78, 5) is 21.6. The van der Waals surface area contributed by atoms with Crippen LogP contribution < -0.4 is 10.9 Å². The van der Waals surface area contributed by atoms with Crippen LogP contribution in [0.1, 0.15) is 26.7 Å². The van der Waals surface area contributed by atoms with E-state index in [0.717, 1.165) is 0 Å². The van der Waals surface area contributed by atoms with Gasteiger partial charge in [0.15, 0.2) is 0 Å². The molecular formula is C8H16N2O3. The molecule has 0 atom stereocenters. The van der Waals surface area contributed by atoms with E-state index in [9.17, 15) is 9.59 Å². The monoisotopic (exact) mass is 188 g/mol. The molecule has 1 amide bonds. The summed E-state index contributed by atoms with van der Waals surface area (Å²) in [6.07, 6.45) is 0.258. The van der Waals surface area contributed by atoms with Crippen molar-refractivity contribution in [2.75, 3.05) is 7.11 Å². The van der Waals surface area contributed by atoms with Crippen LogP contribution in [-0.4, -0.2) is 25.0 Å².